The molecular formula is C17H25N3O3S. The van der Waals surface area contributed by atoms with Crippen LogP contribution >= 0.6 is 11.3 Å². The number of carbonyl (C=O) groups excluding carboxylic acids is 1. The highest BCUT2D eigenvalue weighted by molar-refractivity contribution is 7.19. The second-order valence-electron chi connectivity index (χ2n) is 5.84. The highest BCUT2D eigenvalue weighted by atomic mass is 32.1. The van der Waals surface area contributed by atoms with Crippen LogP contribution in [0.3, 0.4) is 0 Å². The SMILES string of the molecule is CCNC(=O)c1cn(C)c2c(CC)c(CN(C)CCO)sc2c1=O. The standard InChI is InChI=1S/C17H25N3O3S/c1-5-11-13(10-19(3)7-8-21)24-16-14(11)20(4)9-12(15(16)22)17(23)18-6-2/h9,21H,5-8,10H2,1-4H3,(H,18,23). The average molecular weight is 351 g/mol. The second-order valence-corrected chi connectivity index (χ2v) is 6.94. The van der Waals surface area contributed by atoms with Crippen molar-refractivity contribution in [2.75, 3.05) is 26.7 Å². The molecular weight excluding hydrogens is 326 g/mol. The molecule has 2 heterocycles. The molecule has 0 unspecified atom stereocenters. The predicted octanol–water partition coefficient (Wildman–Crippen LogP) is 1.34. The molecule has 0 saturated heterocycles. The Labute approximate surface area is 145 Å². The molecule has 0 saturated carbocycles. The smallest absolute Gasteiger partial charge is 0.256 e. The molecule has 7 heteroatoms. The Kier molecular flexibility index (Phi) is 6.15. The van der Waals surface area contributed by atoms with E-state index in [1.54, 1.807) is 6.20 Å². The van der Waals surface area contributed by atoms with Gasteiger partial charge in [-0.2, -0.15) is 0 Å². The summed E-state index contributed by atoms with van der Waals surface area (Å²) in [5.41, 5.74) is 2.03. The van der Waals surface area contributed by atoms with Crippen LogP contribution in [-0.4, -0.2) is 47.2 Å². The average Bonchev–Trinajstić information content (AvgIpc) is 2.90. The first-order valence-electron chi connectivity index (χ1n) is 8.15. The molecule has 2 aromatic heterocycles. The Morgan fingerprint density at radius 1 is 1.42 bits per heavy atom. The second kappa shape index (κ2) is 7.92. The normalized spacial score (nSPS) is 11.4. The number of pyridine rings is 1. The summed E-state index contributed by atoms with van der Waals surface area (Å²) in [4.78, 5) is 28.0. The van der Waals surface area contributed by atoms with Crippen molar-refractivity contribution in [2.45, 2.75) is 26.8 Å². The molecule has 6 nitrogen and oxygen atoms in total. The highest BCUT2D eigenvalue weighted by Gasteiger charge is 2.20. The number of thiophene rings is 1. The fourth-order valence-corrected chi connectivity index (χ4v) is 4.34. The van der Waals surface area contributed by atoms with E-state index in [1.807, 2.05) is 30.5 Å². The molecule has 2 N–H and O–H groups in total. The zero-order valence-electron chi connectivity index (χ0n) is 14.7. The molecule has 0 bridgehead atoms. The first-order valence-corrected chi connectivity index (χ1v) is 8.97. The monoisotopic (exact) mass is 351 g/mol. The van der Waals surface area contributed by atoms with Crippen LogP contribution in [0.25, 0.3) is 10.2 Å². The number of fused-ring (bicyclic) bond motifs is 1. The van der Waals surface area contributed by atoms with Gasteiger partial charge in [0.05, 0.1) is 16.8 Å². The lowest BCUT2D eigenvalue weighted by Crippen LogP contribution is -2.29. The number of nitrogens with zero attached hydrogens (tertiary/aromatic N) is 2. The third-order valence-corrected chi connectivity index (χ3v) is 5.22. The maximum absolute atomic E-state index is 12.8. The number of aliphatic hydroxyl groups is 1. The fraction of sp³-hybridized carbons (Fsp3) is 0.529. The quantitative estimate of drug-likeness (QED) is 0.789. The molecule has 2 aromatic rings. The van der Waals surface area contributed by atoms with Crippen molar-refractivity contribution in [1.82, 2.24) is 14.8 Å². The summed E-state index contributed by atoms with van der Waals surface area (Å²) >= 11 is 1.46. The molecule has 0 spiro atoms. The third kappa shape index (κ3) is 3.53. The van der Waals surface area contributed by atoms with E-state index in [0.29, 0.717) is 24.3 Å². The van der Waals surface area contributed by atoms with Gasteiger partial charge in [0.15, 0.2) is 0 Å². The number of amides is 1. The van der Waals surface area contributed by atoms with Crippen LogP contribution in [-0.2, 0) is 20.0 Å². The number of hydrogen-bond acceptors (Lipinski definition) is 5. The minimum Gasteiger partial charge on any atom is -0.395 e. The van der Waals surface area contributed by atoms with Crippen molar-refractivity contribution in [2.24, 2.45) is 7.05 Å². The summed E-state index contributed by atoms with van der Waals surface area (Å²) in [6.07, 6.45) is 2.44. The van der Waals surface area contributed by atoms with Gasteiger partial charge in [-0.05, 0) is 26.0 Å². The van der Waals surface area contributed by atoms with Crippen LogP contribution in [0.1, 0.15) is 34.6 Å². The molecule has 0 fully saturated rings. The maximum atomic E-state index is 12.8. The van der Waals surface area contributed by atoms with Gasteiger partial charge >= 0.3 is 0 Å². The van der Waals surface area contributed by atoms with Gasteiger partial charge in [0.1, 0.15) is 5.56 Å². The molecule has 24 heavy (non-hydrogen) atoms. The van der Waals surface area contributed by atoms with Gasteiger partial charge < -0.3 is 15.0 Å². The van der Waals surface area contributed by atoms with E-state index in [2.05, 4.69) is 12.2 Å². The molecule has 0 aliphatic rings. The summed E-state index contributed by atoms with van der Waals surface area (Å²) < 4.78 is 2.51. The van der Waals surface area contributed by atoms with Gasteiger partial charge in [-0.25, -0.2) is 0 Å². The third-order valence-electron chi connectivity index (χ3n) is 4.02. The fourth-order valence-electron chi connectivity index (χ4n) is 2.87. The van der Waals surface area contributed by atoms with Gasteiger partial charge in [0, 0.05) is 37.8 Å². The van der Waals surface area contributed by atoms with Gasteiger partial charge in [0.2, 0.25) is 5.43 Å². The summed E-state index contributed by atoms with van der Waals surface area (Å²) in [5, 5.41) is 11.8. The lowest BCUT2D eigenvalue weighted by molar-refractivity contribution is 0.0954. The van der Waals surface area contributed by atoms with Crippen LogP contribution in [0.15, 0.2) is 11.0 Å². The Balaban J connectivity index is 2.60. The molecule has 0 radical (unpaired) electrons. The summed E-state index contributed by atoms with van der Waals surface area (Å²) in [5.74, 6) is -0.328. The molecule has 0 aliphatic heterocycles. The lowest BCUT2D eigenvalue weighted by Gasteiger charge is -2.15. The van der Waals surface area contributed by atoms with Crippen LogP contribution in [0.2, 0.25) is 0 Å². The van der Waals surface area contributed by atoms with Crippen molar-refractivity contribution in [1.29, 1.82) is 0 Å². The van der Waals surface area contributed by atoms with Crippen molar-refractivity contribution >= 4 is 27.5 Å². The largest absolute Gasteiger partial charge is 0.395 e. The van der Waals surface area contributed by atoms with Gasteiger partial charge in [-0.1, -0.05) is 6.92 Å². The minimum absolute atomic E-state index is 0.102. The van der Waals surface area contributed by atoms with E-state index in [0.717, 1.165) is 22.4 Å². The first kappa shape index (κ1) is 18.6. The van der Waals surface area contributed by atoms with E-state index < -0.39 is 0 Å². The molecule has 1 amide bonds. The number of rotatable bonds is 7. The first-order chi connectivity index (χ1) is 11.4. The number of likely N-dealkylation sites (N-methyl/N-ethyl adjacent to an activating group) is 1. The van der Waals surface area contributed by atoms with Crippen LogP contribution < -0.4 is 10.7 Å². The number of aryl methyl sites for hydroxylation is 2. The topological polar surface area (TPSA) is 74.6 Å². The number of carbonyl (C=O) groups is 1. The number of aliphatic hydroxyl groups excluding tert-OH is 1. The van der Waals surface area contributed by atoms with Crippen molar-refractivity contribution in [3.63, 3.8) is 0 Å². The molecule has 0 atom stereocenters. The number of hydrogen-bond donors (Lipinski definition) is 2. The van der Waals surface area contributed by atoms with Crippen LogP contribution in [0, 0.1) is 0 Å². The van der Waals surface area contributed by atoms with Crippen molar-refractivity contribution in [3.8, 4) is 0 Å². The van der Waals surface area contributed by atoms with Crippen molar-refractivity contribution < 1.29 is 9.90 Å². The van der Waals surface area contributed by atoms with E-state index >= 15 is 0 Å². The number of aromatic nitrogens is 1. The Morgan fingerprint density at radius 2 is 2.12 bits per heavy atom. The zero-order chi connectivity index (χ0) is 17.9. The molecule has 0 aromatic carbocycles. The summed E-state index contributed by atoms with van der Waals surface area (Å²) in [6.45, 7) is 5.75. The highest BCUT2D eigenvalue weighted by Crippen LogP contribution is 2.30. The lowest BCUT2D eigenvalue weighted by atomic mass is 10.1. The van der Waals surface area contributed by atoms with E-state index in [4.69, 9.17) is 5.11 Å². The molecule has 0 aliphatic carbocycles. The summed E-state index contributed by atoms with van der Waals surface area (Å²) in [6, 6.07) is 0. The minimum atomic E-state index is -0.328. The Bertz CT molecular complexity index is 794. The summed E-state index contributed by atoms with van der Waals surface area (Å²) in [7, 11) is 3.82. The van der Waals surface area contributed by atoms with E-state index in [9.17, 15) is 9.59 Å². The molecule has 132 valence electrons. The Hall–Kier alpha value is -1.70. The Morgan fingerprint density at radius 3 is 2.71 bits per heavy atom. The zero-order valence-corrected chi connectivity index (χ0v) is 15.5. The predicted molar refractivity (Wildman–Crippen MR) is 97.9 cm³/mol. The number of nitrogens with one attached hydrogen (secondary N) is 1. The van der Waals surface area contributed by atoms with Crippen molar-refractivity contribution in [3.05, 3.63) is 32.4 Å². The van der Waals surface area contributed by atoms with Gasteiger partial charge in [-0.15, -0.1) is 11.3 Å². The van der Waals surface area contributed by atoms with Gasteiger partial charge in [0.25, 0.3) is 5.91 Å². The van der Waals surface area contributed by atoms with Crippen LogP contribution in [0.5, 0.6) is 0 Å². The van der Waals surface area contributed by atoms with Crippen LogP contribution in [0.4, 0.5) is 0 Å². The molecule has 2 rings (SSSR count). The van der Waals surface area contributed by atoms with E-state index in [1.165, 1.54) is 11.3 Å². The van der Waals surface area contributed by atoms with E-state index in [-0.39, 0.29) is 23.5 Å². The van der Waals surface area contributed by atoms with Gasteiger partial charge in [-0.3, -0.25) is 14.5 Å². The maximum Gasteiger partial charge on any atom is 0.256 e.